The lowest BCUT2D eigenvalue weighted by Gasteiger charge is -2.17. The zero-order valence-corrected chi connectivity index (χ0v) is 13.4. The molecule has 0 N–H and O–H groups in total. The van der Waals surface area contributed by atoms with E-state index in [0.717, 1.165) is 45.7 Å². The zero-order valence-electron chi connectivity index (χ0n) is 12.6. The van der Waals surface area contributed by atoms with Gasteiger partial charge >= 0.3 is 0 Å². The first-order chi connectivity index (χ1) is 9.83. The van der Waals surface area contributed by atoms with E-state index in [2.05, 4.69) is 48.4 Å². The van der Waals surface area contributed by atoms with Gasteiger partial charge in [0, 0.05) is 17.9 Å². The molecule has 0 aliphatic heterocycles. The Hall–Kier alpha value is -0.900. The van der Waals surface area contributed by atoms with Gasteiger partial charge in [0.05, 0.1) is 6.61 Å². The van der Waals surface area contributed by atoms with E-state index in [1.807, 2.05) is 0 Å². The number of thiophene rings is 1. The number of hydrogen-bond donors (Lipinski definition) is 0. The SMILES string of the molecule is CCN(CC)CCCOCCc1ccc2sccc2c1. The average molecular weight is 291 g/mol. The van der Waals surface area contributed by atoms with Gasteiger partial charge in [0.1, 0.15) is 0 Å². The molecular weight excluding hydrogens is 266 g/mol. The molecule has 0 aliphatic rings. The summed E-state index contributed by atoms with van der Waals surface area (Å²) in [6.07, 6.45) is 2.14. The summed E-state index contributed by atoms with van der Waals surface area (Å²) in [6.45, 7) is 9.54. The lowest BCUT2D eigenvalue weighted by Crippen LogP contribution is -2.24. The van der Waals surface area contributed by atoms with Gasteiger partial charge in [0.2, 0.25) is 0 Å². The second-order valence-electron chi connectivity index (χ2n) is 5.04. The van der Waals surface area contributed by atoms with Crippen LogP contribution in [0.3, 0.4) is 0 Å². The maximum absolute atomic E-state index is 5.75. The van der Waals surface area contributed by atoms with E-state index in [1.54, 1.807) is 11.3 Å². The van der Waals surface area contributed by atoms with Crippen LogP contribution < -0.4 is 0 Å². The minimum absolute atomic E-state index is 0.827. The largest absolute Gasteiger partial charge is 0.381 e. The van der Waals surface area contributed by atoms with Crippen LogP contribution in [0.4, 0.5) is 0 Å². The quantitative estimate of drug-likeness (QED) is 0.642. The van der Waals surface area contributed by atoms with Crippen LogP contribution in [-0.2, 0) is 11.2 Å². The van der Waals surface area contributed by atoms with Crippen molar-refractivity contribution in [1.82, 2.24) is 4.90 Å². The monoisotopic (exact) mass is 291 g/mol. The molecule has 2 nitrogen and oxygen atoms in total. The van der Waals surface area contributed by atoms with Gasteiger partial charge in [0.15, 0.2) is 0 Å². The minimum atomic E-state index is 0.827. The van der Waals surface area contributed by atoms with Gasteiger partial charge in [0.25, 0.3) is 0 Å². The fourth-order valence-corrected chi connectivity index (χ4v) is 3.16. The van der Waals surface area contributed by atoms with E-state index in [9.17, 15) is 0 Å². The molecule has 1 aromatic heterocycles. The van der Waals surface area contributed by atoms with Crippen molar-refractivity contribution in [3.05, 3.63) is 35.2 Å². The molecule has 0 aliphatic carbocycles. The van der Waals surface area contributed by atoms with Crippen LogP contribution in [0.25, 0.3) is 10.1 Å². The lowest BCUT2D eigenvalue weighted by atomic mass is 10.1. The van der Waals surface area contributed by atoms with Gasteiger partial charge in [-0.2, -0.15) is 0 Å². The summed E-state index contributed by atoms with van der Waals surface area (Å²) in [5.41, 5.74) is 1.37. The van der Waals surface area contributed by atoms with E-state index >= 15 is 0 Å². The molecule has 2 rings (SSSR count). The predicted octanol–water partition coefficient (Wildman–Crippen LogP) is 4.19. The van der Waals surface area contributed by atoms with Crippen LogP contribution in [0.5, 0.6) is 0 Å². The smallest absolute Gasteiger partial charge is 0.0506 e. The molecule has 0 saturated heterocycles. The van der Waals surface area contributed by atoms with E-state index in [0.29, 0.717) is 0 Å². The minimum Gasteiger partial charge on any atom is -0.381 e. The molecule has 0 spiro atoms. The average Bonchev–Trinajstić information content (AvgIpc) is 2.94. The maximum atomic E-state index is 5.75. The van der Waals surface area contributed by atoms with E-state index in [1.165, 1.54) is 15.6 Å². The van der Waals surface area contributed by atoms with Crippen LogP contribution in [0, 0.1) is 0 Å². The third-order valence-corrected chi connectivity index (χ3v) is 4.61. The number of benzene rings is 1. The van der Waals surface area contributed by atoms with Gasteiger partial charge in [-0.25, -0.2) is 0 Å². The Morgan fingerprint density at radius 1 is 1.10 bits per heavy atom. The number of rotatable bonds is 9. The van der Waals surface area contributed by atoms with Gasteiger partial charge in [-0.1, -0.05) is 26.0 Å². The first kappa shape index (κ1) is 15.5. The van der Waals surface area contributed by atoms with E-state index in [-0.39, 0.29) is 0 Å². The molecule has 0 saturated carbocycles. The molecule has 1 aromatic carbocycles. The Morgan fingerprint density at radius 2 is 1.95 bits per heavy atom. The molecule has 0 radical (unpaired) electrons. The molecule has 20 heavy (non-hydrogen) atoms. The zero-order chi connectivity index (χ0) is 14.2. The Balaban J connectivity index is 1.63. The first-order valence-corrected chi connectivity index (χ1v) is 8.47. The van der Waals surface area contributed by atoms with E-state index in [4.69, 9.17) is 4.74 Å². The van der Waals surface area contributed by atoms with Crippen LogP contribution in [0.2, 0.25) is 0 Å². The molecule has 0 atom stereocenters. The summed E-state index contributed by atoms with van der Waals surface area (Å²) in [4.78, 5) is 2.44. The molecule has 110 valence electrons. The standard InChI is InChI=1S/C17H25NOS/c1-3-18(4-2)10-5-11-19-12-8-15-6-7-17-16(14-15)9-13-20-17/h6-7,9,13-14H,3-5,8,10-12H2,1-2H3. The second-order valence-corrected chi connectivity index (χ2v) is 5.98. The van der Waals surface area contributed by atoms with Crippen molar-refractivity contribution < 1.29 is 4.74 Å². The molecule has 0 bridgehead atoms. The molecule has 1 heterocycles. The highest BCUT2D eigenvalue weighted by Crippen LogP contribution is 2.21. The topological polar surface area (TPSA) is 12.5 Å². The molecular formula is C17H25NOS. The van der Waals surface area contributed by atoms with Crippen LogP contribution in [0.15, 0.2) is 29.6 Å². The van der Waals surface area contributed by atoms with Gasteiger partial charge < -0.3 is 9.64 Å². The first-order valence-electron chi connectivity index (χ1n) is 7.59. The van der Waals surface area contributed by atoms with Crippen molar-refractivity contribution in [1.29, 1.82) is 0 Å². The second kappa shape index (κ2) is 8.40. The third-order valence-electron chi connectivity index (χ3n) is 3.71. The number of hydrogen-bond acceptors (Lipinski definition) is 3. The number of fused-ring (bicyclic) bond motifs is 1. The van der Waals surface area contributed by atoms with Crippen LogP contribution in [0.1, 0.15) is 25.8 Å². The summed E-state index contributed by atoms with van der Waals surface area (Å²) in [7, 11) is 0. The van der Waals surface area contributed by atoms with E-state index < -0.39 is 0 Å². The molecule has 0 fully saturated rings. The van der Waals surface area contributed by atoms with Gasteiger partial charge in [-0.15, -0.1) is 11.3 Å². The fourth-order valence-electron chi connectivity index (χ4n) is 2.39. The van der Waals surface area contributed by atoms with Crippen molar-refractivity contribution in [2.24, 2.45) is 0 Å². The summed E-state index contributed by atoms with van der Waals surface area (Å²) >= 11 is 1.80. The molecule has 2 aromatic rings. The Kier molecular flexibility index (Phi) is 6.51. The highest BCUT2D eigenvalue weighted by molar-refractivity contribution is 7.17. The summed E-state index contributed by atoms with van der Waals surface area (Å²) in [5.74, 6) is 0. The van der Waals surface area contributed by atoms with Gasteiger partial charge in [-0.05, 0) is 54.4 Å². The third kappa shape index (κ3) is 4.58. The predicted molar refractivity (Wildman–Crippen MR) is 88.8 cm³/mol. The van der Waals surface area contributed by atoms with Crippen LogP contribution in [-0.4, -0.2) is 37.7 Å². The molecule has 3 heteroatoms. The molecule has 0 unspecified atom stereocenters. The van der Waals surface area contributed by atoms with Crippen molar-refractivity contribution in [2.75, 3.05) is 32.8 Å². The van der Waals surface area contributed by atoms with Crippen molar-refractivity contribution in [2.45, 2.75) is 26.7 Å². The number of nitrogens with zero attached hydrogens (tertiary/aromatic N) is 1. The number of ether oxygens (including phenoxy) is 1. The van der Waals surface area contributed by atoms with Crippen molar-refractivity contribution >= 4 is 21.4 Å². The highest BCUT2D eigenvalue weighted by Gasteiger charge is 2.00. The summed E-state index contributed by atoms with van der Waals surface area (Å²) in [5, 5.41) is 3.51. The Morgan fingerprint density at radius 3 is 2.75 bits per heavy atom. The normalized spacial score (nSPS) is 11.6. The van der Waals surface area contributed by atoms with Crippen molar-refractivity contribution in [3.63, 3.8) is 0 Å². The molecule has 0 amide bonds. The Bertz CT molecular complexity index is 504. The lowest BCUT2D eigenvalue weighted by molar-refractivity contribution is 0.124. The maximum Gasteiger partial charge on any atom is 0.0506 e. The Labute approximate surface area is 126 Å². The highest BCUT2D eigenvalue weighted by atomic mass is 32.1. The van der Waals surface area contributed by atoms with Crippen molar-refractivity contribution in [3.8, 4) is 0 Å². The summed E-state index contributed by atoms with van der Waals surface area (Å²) < 4.78 is 7.12. The van der Waals surface area contributed by atoms with Gasteiger partial charge in [-0.3, -0.25) is 0 Å². The fraction of sp³-hybridized carbons (Fsp3) is 0.529. The van der Waals surface area contributed by atoms with Crippen LogP contribution >= 0.6 is 11.3 Å². The summed E-state index contributed by atoms with van der Waals surface area (Å²) in [6, 6.07) is 8.91.